The van der Waals surface area contributed by atoms with Crippen LogP contribution < -0.4 is 10.1 Å². The van der Waals surface area contributed by atoms with Gasteiger partial charge in [0.05, 0.1) is 6.61 Å². The number of ether oxygens (including phenoxy) is 1. The fourth-order valence-electron chi connectivity index (χ4n) is 3.30. The Morgan fingerprint density at radius 2 is 1.82 bits per heavy atom. The van der Waals surface area contributed by atoms with E-state index in [1.54, 1.807) is 6.07 Å². The van der Waals surface area contributed by atoms with Crippen LogP contribution in [-0.2, 0) is 4.79 Å². The molecule has 2 aromatic rings. The van der Waals surface area contributed by atoms with E-state index in [0.717, 1.165) is 61.6 Å². The summed E-state index contributed by atoms with van der Waals surface area (Å²) in [5.74, 6) is 0.745. The highest BCUT2D eigenvalue weighted by Gasteiger charge is 2.24. The molecule has 2 aromatic carbocycles. The number of nitrogens with one attached hydrogen (secondary N) is 1. The second kappa shape index (κ2) is 9.76. The summed E-state index contributed by atoms with van der Waals surface area (Å²) in [5, 5.41) is 3.48. The summed E-state index contributed by atoms with van der Waals surface area (Å²) in [6.45, 7) is 8.43. The molecule has 1 N–H and O–H groups in total. The third-order valence-electron chi connectivity index (χ3n) is 4.99. The van der Waals surface area contributed by atoms with Gasteiger partial charge in [-0.05, 0) is 74.4 Å². The van der Waals surface area contributed by atoms with Gasteiger partial charge in [-0.2, -0.15) is 0 Å². The number of anilines is 1. The van der Waals surface area contributed by atoms with Crippen LogP contribution in [0.4, 0.5) is 5.69 Å². The molecule has 0 unspecified atom stereocenters. The third kappa shape index (κ3) is 5.15. The molecule has 0 aromatic heterocycles. The molecule has 1 aliphatic rings. The van der Waals surface area contributed by atoms with Crippen LogP contribution in [0.3, 0.4) is 0 Å². The van der Waals surface area contributed by atoms with Gasteiger partial charge >= 0.3 is 0 Å². The van der Waals surface area contributed by atoms with E-state index in [-0.39, 0.29) is 5.91 Å². The van der Waals surface area contributed by atoms with E-state index in [1.807, 2.05) is 42.5 Å². The first-order valence-electron chi connectivity index (χ1n) is 9.89. The maximum atomic E-state index is 12.3. The Morgan fingerprint density at radius 1 is 1.07 bits per heavy atom. The number of nitrogens with zero attached hydrogens (tertiary/aromatic N) is 1. The Labute approximate surface area is 172 Å². The summed E-state index contributed by atoms with van der Waals surface area (Å²) in [6, 6.07) is 13.2. The van der Waals surface area contributed by atoms with Crippen molar-refractivity contribution in [3.63, 3.8) is 0 Å². The number of fused-ring (bicyclic) bond motifs is 1. The van der Waals surface area contributed by atoms with Crippen LogP contribution in [-0.4, -0.2) is 37.0 Å². The molecule has 4 nitrogen and oxygen atoms in total. The van der Waals surface area contributed by atoms with Crippen molar-refractivity contribution in [2.75, 3.05) is 31.6 Å². The lowest BCUT2D eigenvalue weighted by Crippen LogP contribution is -2.24. The van der Waals surface area contributed by atoms with Crippen LogP contribution in [0.25, 0.3) is 11.6 Å². The zero-order valence-electron chi connectivity index (χ0n) is 16.5. The highest BCUT2D eigenvalue weighted by atomic mass is 35.5. The van der Waals surface area contributed by atoms with Gasteiger partial charge in [0.15, 0.2) is 0 Å². The van der Waals surface area contributed by atoms with E-state index in [0.29, 0.717) is 10.6 Å². The Balaban J connectivity index is 1.56. The Morgan fingerprint density at radius 3 is 2.54 bits per heavy atom. The first-order valence-corrected chi connectivity index (χ1v) is 10.3. The highest BCUT2D eigenvalue weighted by molar-refractivity contribution is 6.36. The van der Waals surface area contributed by atoms with E-state index in [1.165, 1.54) is 0 Å². The molecule has 1 heterocycles. The SMILES string of the molecule is CCN(CC)CCCCOc1ccc(/C=C2/C(=O)Nc3ccc(Cl)cc32)cc1. The molecule has 5 heteroatoms. The van der Waals surface area contributed by atoms with Gasteiger partial charge in [-0.15, -0.1) is 0 Å². The van der Waals surface area contributed by atoms with Crippen molar-refractivity contribution in [1.82, 2.24) is 4.90 Å². The summed E-state index contributed by atoms with van der Waals surface area (Å²) in [7, 11) is 0. The molecule has 0 aliphatic carbocycles. The van der Waals surface area contributed by atoms with Gasteiger partial charge < -0.3 is 15.0 Å². The van der Waals surface area contributed by atoms with Crippen molar-refractivity contribution in [2.45, 2.75) is 26.7 Å². The van der Waals surface area contributed by atoms with Gasteiger partial charge in [-0.25, -0.2) is 0 Å². The molecular formula is C23H27ClN2O2. The lowest BCUT2D eigenvalue weighted by atomic mass is 10.0. The van der Waals surface area contributed by atoms with Crippen molar-refractivity contribution in [2.24, 2.45) is 0 Å². The van der Waals surface area contributed by atoms with Gasteiger partial charge in [0.2, 0.25) is 0 Å². The molecule has 148 valence electrons. The smallest absolute Gasteiger partial charge is 0.256 e. The number of benzene rings is 2. The minimum absolute atomic E-state index is 0.106. The summed E-state index contributed by atoms with van der Waals surface area (Å²) in [5.41, 5.74) is 3.21. The number of hydrogen-bond acceptors (Lipinski definition) is 3. The normalized spacial score (nSPS) is 14.4. The van der Waals surface area contributed by atoms with Gasteiger partial charge in [0, 0.05) is 21.8 Å². The predicted octanol–water partition coefficient (Wildman–Crippen LogP) is 5.33. The molecule has 0 saturated heterocycles. The summed E-state index contributed by atoms with van der Waals surface area (Å²) < 4.78 is 5.84. The second-order valence-corrected chi connectivity index (χ2v) is 7.29. The number of amides is 1. The van der Waals surface area contributed by atoms with Crippen LogP contribution in [0, 0.1) is 0 Å². The molecule has 28 heavy (non-hydrogen) atoms. The lowest BCUT2D eigenvalue weighted by Gasteiger charge is -2.17. The highest BCUT2D eigenvalue weighted by Crippen LogP contribution is 2.35. The second-order valence-electron chi connectivity index (χ2n) is 6.85. The van der Waals surface area contributed by atoms with Crippen molar-refractivity contribution in [3.05, 3.63) is 58.6 Å². The predicted molar refractivity (Wildman–Crippen MR) is 117 cm³/mol. The van der Waals surface area contributed by atoms with Crippen LogP contribution >= 0.6 is 11.6 Å². The number of carbonyl (C=O) groups is 1. The van der Waals surface area contributed by atoms with Crippen molar-refractivity contribution in [3.8, 4) is 5.75 Å². The fourth-order valence-corrected chi connectivity index (χ4v) is 3.47. The first kappa shape index (κ1) is 20.4. The minimum atomic E-state index is -0.106. The standard InChI is InChI=1S/C23H27ClN2O2/c1-3-26(4-2)13-5-6-14-28-19-10-7-17(8-11-19)15-21-20-16-18(24)9-12-22(20)25-23(21)27/h7-12,15-16H,3-6,13-14H2,1-2H3,(H,25,27)/b21-15+. The molecule has 1 amide bonds. The number of hydrogen-bond donors (Lipinski definition) is 1. The topological polar surface area (TPSA) is 41.6 Å². The maximum absolute atomic E-state index is 12.3. The largest absolute Gasteiger partial charge is 0.494 e. The van der Waals surface area contributed by atoms with Gasteiger partial charge in [-0.1, -0.05) is 37.6 Å². The van der Waals surface area contributed by atoms with Gasteiger partial charge in [0.25, 0.3) is 5.91 Å². The molecule has 0 fully saturated rings. The monoisotopic (exact) mass is 398 g/mol. The Kier molecular flexibility index (Phi) is 7.12. The van der Waals surface area contributed by atoms with Crippen molar-refractivity contribution in [1.29, 1.82) is 0 Å². The van der Waals surface area contributed by atoms with E-state index < -0.39 is 0 Å². The Bertz CT molecular complexity index is 842. The quantitative estimate of drug-likeness (QED) is 0.458. The molecule has 1 aliphatic heterocycles. The van der Waals surface area contributed by atoms with E-state index in [2.05, 4.69) is 24.1 Å². The summed E-state index contributed by atoms with van der Waals surface area (Å²) >= 11 is 6.08. The van der Waals surface area contributed by atoms with E-state index in [4.69, 9.17) is 16.3 Å². The van der Waals surface area contributed by atoms with E-state index >= 15 is 0 Å². The average molecular weight is 399 g/mol. The third-order valence-corrected chi connectivity index (χ3v) is 5.22. The van der Waals surface area contributed by atoms with Crippen LogP contribution in [0.5, 0.6) is 5.75 Å². The lowest BCUT2D eigenvalue weighted by molar-refractivity contribution is -0.110. The number of rotatable bonds is 9. The molecule has 0 atom stereocenters. The molecule has 0 saturated carbocycles. The van der Waals surface area contributed by atoms with Gasteiger partial charge in [0.1, 0.15) is 5.75 Å². The fraction of sp³-hybridized carbons (Fsp3) is 0.348. The Hall–Kier alpha value is -2.30. The number of halogens is 1. The first-order chi connectivity index (χ1) is 13.6. The number of unbranched alkanes of at least 4 members (excludes halogenated alkanes) is 1. The van der Waals surface area contributed by atoms with E-state index in [9.17, 15) is 4.79 Å². The van der Waals surface area contributed by atoms with Crippen molar-refractivity contribution >= 4 is 34.8 Å². The van der Waals surface area contributed by atoms with Crippen LogP contribution in [0.2, 0.25) is 5.02 Å². The molecule has 0 spiro atoms. The number of carbonyl (C=O) groups excluding carboxylic acids is 1. The minimum Gasteiger partial charge on any atom is -0.494 e. The average Bonchev–Trinajstić information content (AvgIpc) is 3.00. The zero-order chi connectivity index (χ0) is 19.9. The molecular weight excluding hydrogens is 372 g/mol. The van der Waals surface area contributed by atoms with Crippen LogP contribution in [0.1, 0.15) is 37.8 Å². The van der Waals surface area contributed by atoms with Crippen LogP contribution in [0.15, 0.2) is 42.5 Å². The molecule has 0 radical (unpaired) electrons. The molecule has 0 bridgehead atoms. The molecule has 3 rings (SSSR count). The zero-order valence-corrected chi connectivity index (χ0v) is 17.3. The maximum Gasteiger partial charge on any atom is 0.256 e. The van der Waals surface area contributed by atoms with Crippen molar-refractivity contribution < 1.29 is 9.53 Å². The van der Waals surface area contributed by atoms with Gasteiger partial charge in [-0.3, -0.25) is 4.79 Å². The summed E-state index contributed by atoms with van der Waals surface area (Å²) in [6.07, 6.45) is 4.06. The summed E-state index contributed by atoms with van der Waals surface area (Å²) in [4.78, 5) is 14.7.